The zero-order valence-electron chi connectivity index (χ0n) is 11.0. The van der Waals surface area contributed by atoms with Crippen molar-refractivity contribution < 1.29 is 30.5 Å². The summed E-state index contributed by atoms with van der Waals surface area (Å²) in [5.74, 6) is -0.974. The van der Waals surface area contributed by atoms with E-state index in [1.165, 1.54) is 6.92 Å². The van der Waals surface area contributed by atoms with Crippen LogP contribution in [0.5, 0.6) is 0 Å². The number of hydrogen-bond donors (Lipinski definition) is 0. The molecule has 116 valence electrons. The fourth-order valence-electron chi connectivity index (χ4n) is 1.63. The topological polar surface area (TPSA) is 57.2 Å². The van der Waals surface area contributed by atoms with Gasteiger partial charge in [-0.2, -0.15) is 13.2 Å². The SMILES string of the molecule is CC(CCCCCCC(F)(F)F)C(C)(F)S(=O)(=O)[O-]. The summed E-state index contributed by atoms with van der Waals surface area (Å²) >= 11 is 0. The quantitative estimate of drug-likeness (QED) is 0.390. The van der Waals surface area contributed by atoms with E-state index in [9.17, 15) is 30.5 Å². The Balaban J connectivity index is 3.91. The number of hydrogen-bond acceptors (Lipinski definition) is 3. The third-order valence-electron chi connectivity index (χ3n) is 3.22. The maximum Gasteiger partial charge on any atom is 0.389 e. The molecule has 0 spiro atoms. The fourth-order valence-corrected chi connectivity index (χ4v) is 2.24. The summed E-state index contributed by atoms with van der Waals surface area (Å²) in [6.45, 7) is 2.04. The molecule has 0 rings (SSSR count). The molecule has 0 aromatic carbocycles. The first-order valence-corrected chi connectivity index (χ1v) is 7.50. The first-order valence-electron chi connectivity index (χ1n) is 6.09. The van der Waals surface area contributed by atoms with Crippen molar-refractivity contribution in [3.8, 4) is 0 Å². The van der Waals surface area contributed by atoms with Gasteiger partial charge in [-0.1, -0.05) is 26.2 Å². The van der Waals surface area contributed by atoms with Gasteiger partial charge in [-0.05, 0) is 19.8 Å². The molecular formula is C11H19F4O3S-. The number of unbranched alkanes of at least 4 members (excludes halogenated alkanes) is 3. The Hall–Kier alpha value is -0.370. The Bertz CT molecular complexity index is 363. The molecule has 0 radical (unpaired) electrons. The van der Waals surface area contributed by atoms with Gasteiger partial charge in [0, 0.05) is 12.3 Å². The van der Waals surface area contributed by atoms with E-state index in [1.807, 2.05) is 0 Å². The average molecular weight is 307 g/mol. The van der Waals surface area contributed by atoms with Crippen LogP contribution >= 0.6 is 0 Å². The minimum Gasteiger partial charge on any atom is -0.745 e. The van der Waals surface area contributed by atoms with Crippen molar-refractivity contribution in [1.29, 1.82) is 0 Å². The summed E-state index contributed by atoms with van der Waals surface area (Å²) < 4.78 is 81.2. The van der Waals surface area contributed by atoms with E-state index in [2.05, 4.69) is 0 Å². The van der Waals surface area contributed by atoms with Gasteiger partial charge in [0.1, 0.15) is 10.1 Å². The Morgan fingerprint density at radius 2 is 1.53 bits per heavy atom. The maximum atomic E-state index is 13.7. The molecule has 0 fully saturated rings. The van der Waals surface area contributed by atoms with E-state index in [4.69, 9.17) is 0 Å². The van der Waals surface area contributed by atoms with Crippen molar-refractivity contribution in [2.75, 3.05) is 0 Å². The van der Waals surface area contributed by atoms with E-state index in [0.29, 0.717) is 19.3 Å². The van der Waals surface area contributed by atoms with Gasteiger partial charge in [0.2, 0.25) is 0 Å². The van der Waals surface area contributed by atoms with Crippen LogP contribution in [0.2, 0.25) is 0 Å². The summed E-state index contributed by atoms with van der Waals surface area (Å²) in [5.41, 5.74) is 0. The van der Waals surface area contributed by atoms with E-state index >= 15 is 0 Å². The second-order valence-corrected chi connectivity index (χ2v) is 6.62. The molecule has 0 aliphatic heterocycles. The van der Waals surface area contributed by atoms with Gasteiger partial charge in [-0.25, -0.2) is 12.8 Å². The predicted molar refractivity (Wildman–Crippen MR) is 62.1 cm³/mol. The Morgan fingerprint density at radius 1 is 1.05 bits per heavy atom. The summed E-state index contributed by atoms with van der Waals surface area (Å²) in [5, 5.41) is -2.83. The van der Waals surface area contributed by atoms with Crippen LogP contribution in [0, 0.1) is 5.92 Å². The van der Waals surface area contributed by atoms with E-state index in [0.717, 1.165) is 6.92 Å². The molecular weight excluding hydrogens is 288 g/mol. The van der Waals surface area contributed by atoms with Crippen LogP contribution in [0.3, 0.4) is 0 Å². The van der Waals surface area contributed by atoms with Gasteiger partial charge >= 0.3 is 6.18 Å². The lowest BCUT2D eigenvalue weighted by Crippen LogP contribution is -2.37. The predicted octanol–water partition coefficient (Wildman–Crippen LogP) is 3.76. The standard InChI is InChI=1S/C11H20F4O3S/c1-9(10(2,12)19(16,17)18)7-5-3-4-6-8-11(13,14)15/h9H,3-8H2,1-2H3,(H,16,17,18)/p-1. The molecule has 0 aromatic heterocycles. The van der Waals surface area contributed by atoms with Crippen molar-refractivity contribution >= 4 is 10.1 Å². The van der Waals surface area contributed by atoms with Crippen molar-refractivity contribution in [3.63, 3.8) is 0 Å². The summed E-state index contributed by atoms with van der Waals surface area (Å²) in [7, 11) is -5.03. The molecule has 0 amide bonds. The highest BCUT2D eigenvalue weighted by molar-refractivity contribution is 7.87. The van der Waals surface area contributed by atoms with Crippen molar-refractivity contribution in [1.82, 2.24) is 0 Å². The van der Waals surface area contributed by atoms with Crippen molar-refractivity contribution in [3.05, 3.63) is 0 Å². The van der Waals surface area contributed by atoms with Crippen LogP contribution in [-0.4, -0.2) is 24.1 Å². The normalized spacial score (nSPS) is 18.1. The van der Waals surface area contributed by atoms with Crippen LogP contribution in [0.25, 0.3) is 0 Å². The largest absolute Gasteiger partial charge is 0.745 e. The zero-order chi connectivity index (χ0) is 15.3. The number of rotatable bonds is 8. The lowest BCUT2D eigenvalue weighted by molar-refractivity contribution is -0.135. The molecule has 0 heterocycles. The molecule has 8 heteroatoms. The van der Waals surface area contributed by atoms with Gasteiger partial charge in [0.05, 0.1) is 0 Å². The van der Waals surface area contributed by atoms with Crippen LogP contribution < -0.4 is 0 Å². The van der Waals surface area contributed by atoms with E-state index < -0.39 is 33.6 Å². The van der Waals surface area contributed by atoms with Gasteiger partial charge in [-0.15, -0.1) is 0 Å². The molecule has 0 aliphatic carbocycles. The zero-order valence-corrected chi connectivity index (χ0v) is 11.8. The minimum absolute atomic E-state index is 0.00459. The van der Waals surface area contributed by atoms with Crippen LogP contribution in [0.4, 0.5) is 17.6 Å². The maximum absolute atomic E-state index is 13.7. The van der Waals surface area contributed by atoms with E-state index in [1.54, 1.807) is 0 Å². The van der Waals surface area contributed by atoms with Crippen LogP contribution in [0.15, 0.2) is 0 Å². The smallest absolute Gasteiger partial charge is 0.389 e. The van der Waals surface area contributed by atoms with Gasteiger partial charge in [0.25, 0.3) is 0 Å². The lowest BCUT2D eigenvalue weighted by Gasteiger charge is -2.30. The van der Waals surface area contributed by atoms with Crippen molar-refractivity contribution in [2.45, 2.75) is 63.5 Å². The highest BCUT2D eigenvalue weighted by Gasteiger charge is 2.37. The first kappa shape index (κ1) is 18.6. The Kier molecular flexibility index (Phi) is 6.74. The first-order chi connectivity index (χ1) is 8.38. The molecule has 2 atom stereocenters. The molecule has 19 heavy (non-hydrogen) atoms. The monoisotopic (exact) mass is 307 g/mol. The van der Waals surface area contributed by atoms with E-state index in [-0.39, 0.29) is 12.8 Å². The second kappa shape index (κ2) is 6.88. The minimum atomic E-state index is -5.03. The molecule has 0 saturated heterocycles. The summed E-state index contributed by atoms with van der Waals surface area (Å²) in [6.07, 6.45) is -3.66. The summed E-state index contributed by atoms with van der Waals surface area (Å²) in [4.78, 5) is 0. The molecule has 3 nitrogen and oxygen atoms in total. The molecule has 0 N–H and O–H groups in total. The van der Waals surface area contributed by atoms with Crippen LogP contribution in [-0.2, 0) is 10.1 Å². The number of halogens is 4. The average Bonchev–Trinajstić information content (AvgIpc) is 2.19. The Morgan fingerprint density at radius 3 is 1.95 bits per heavy atom. The molecule has 0 aromatic rings. The molecule has 0 aliphatic rings. The molecule has 0 bridgehead atoms. The highest BCUT2D eigenvalue weighted by Crippen LogP contribution is 2.31. The molecule has 2 unspecified atom stereocenters. The highest BCUT2D eigenvalue weighted by atomic mass is 32.2. The number of alkyl halides is 4. The second-order valence-electron chi connectivity index (χ2n) is 4.91. The Labute approximate surface area is 111 Å². The fraction of sp³-hybridized carbons (Fsp3) is 1.00. The van der Waals surface area contributed by atoms with Crippen LogP contribution in [0.1, 0.15) is 52.4 Å². The van der Waals surface area contributed by atoms with Gasteiger partial charge in [0.15, 0.2) is 5.00 Å². The molecule has 0 saturated carbocycles. The van der Waals surface area contributed by atoms with Crippen molar-refractivity contribution in [2.24, 2.45) is 5.92 Å². The third kappa shape index (κ3) is 7.10. The summed E-state index contributed by atoms with van der Waals surface area (Å²) in [6, 6.07) is 0. The van der Waals surface area contributed by atoms with Gasteiger partial charge in [-0.3, -0.25) is 0 Å². The third-order valence-corrected chi connectivity index (χ3v) is 4.60. The lowest BCUT2D eigenvalue weighted by atomic mass is 9.98. The van der Waals surface area contributed by atoms with Gasteiger partial charge < -0.3 is 4.55 Å².